The Bertz CT molecular complexity index is 1120. The molecule has 0 atom stereocenters. The van der Waals surface area contributed by atoms with Gasteiger partial charge in [0.2, 0.25) is 0 Å². The highest BCUT2D eigenvalue weighted by Gasteiger charge is 2.32. The molecule has 1 aromatic heterocycles. The molecule has 2 heterocycles. The van der Waals surface area contributed by atoms with Crippen molar-refractivity contribution in [2.24, 2.45) is 0 Å². The number of hydrogen-bond donors (Lipinski definition) is 1. The van der Waals surface area contributed by atoms with E-state index >= 15 is 0 Å². The summed E-state index contributed by atoms with van der Waals surface area (Å²) in [7, 11) is 0. The lowest BCUT2D eigenvalue weighted by Crippen LogP contribution is -2.25. The molecule has 0 bridgehead atoms. The fraction of sp³-hybridized carbons (Fsp3) is 0.391. The number of fused-ring (bicyclic) bond motifs is 3. The van der Waals surface area contributed by atoms with E-state index in [0.29, 0.717) is 18.1 Å². The molecular formula is C23H22ClF3N4O. The SMILES string of the molecule is FC(F)(F)c1cccc(OC2CCC(c3nnc4n3-c3ccc(Cl)cc3CNC4)CC2)c1. The van der Waals surface area contributed by atoms with Crippen molar-refractivity contribution in [1.29, 1.82) is 0 Å². The summed E-state index contributed by atoms with van der Waals surface area (Å²) in [5.41, 5.74) is 1.44. The lowest BCUT2D eigenvalue weighted by molar-refractivity contribution is -0.137. The molecule has 2 aliphatic rings. The number of ether oxygens (including phenoxy) is 1. The van der Waals surface area contributed by atoms with Crippen LogP contribution < -0.4 is 10.1 Å². The highest BCUT2D eigenvalue weighted by atomic mass is 35.5. The molecule has 2 aromatic carbocycles. The van der Waals surface area contributed by atoms with Gasteiger partial charge in [0, 0.05) is 17.5 Å². The predicted octanol–water partition coefficient (Wildman–Crippen LogP) is 5.65. The van der Waals surface area contributed by atoms with Crippen LogP contribution in [0.2, 0.25) is 5.02 Å². The van der Waals surface area contributed by atoms with E-state index in [1.165, 1.54) is 6.07 Å². The zero-order chi connectivity index (χ0) is 22.3. The fourth-order valence-corrected chi connectivity index (χ4v) is 4.77. The Balaban J connectivity index is 1.31. The zero-order valence-corrected chi connectivity index (χ0v) is 18.0. The van der Waals surface area contributed by atoms with Gasteiger partial charge < -0.3 is 10.1 Å². The first-order valence-corrected chi connectivity index (χ1v) is 11.0. The van der Waals surface area contributed by atoms with Crippen molar-refractivity contribution in [1.82, 2.24) is 20.1 Å². The van der Waals surface area contributed by atoms with Crippen LogP contribution in [0.15, 0.2) is 42.5 Å². The van der Waals surface area contributed by atoms with Crippen LogP contribution in [-0.2, 0) is 19.3 Å². The van der Waals surface area contributed by atoms with Crippen LogP contribution in [0, 0.1) is 0 Å². The van der Waals surface area contributed by atoms with Crippen LogP contribution in [0.3, 0.4) is 0 Å². The van der Waals surface area contributed by atoms with Gasteiger partial charge in [0.25, 0.3) is 0 Å². The average molecular weight is 463 g/mol. The van der Waals surface area contributed by atoms with E-state index in [1.807, 2.05) is 18.2 Å². The minimum atomic E-state index is -4.38. The highest BCUT2D eigenvalue weighted by Crippen LogP contribution is 2.37. The molecule has 5 nitrogen and oxygen atoms in total. The lowest BCUT2D eigenvalue weighted by Gasteiger charge is -2.29. The largest absolute Gasteiger partial charge is 0.490 e. The van der Waals surface area contributed by atoms with Crippen molar-refractivity contribution in [3.8, 4) is 11.4 Å². The molecule has 0 unspecified atom stereocenters. The summed E-state index contributed by atoms with van der Waals surface area (Å²) >= 11 is 6.19. The third-order valence-electron chi connectivity index (χ3n) is 6.14. The Kier molecular flexibility index (Phi) is 5.59. The maximum Gasteiger partial charge on any atom is 0.416 e. The van der Waals surface area contributed by atoms with Gasteiger partial charge in [0.05, 0.1) is 23.9 Å². The van der Waals surface area contributed by atoms with Crippen molar-refractivity contribution in [3.63, 3.8) is 0 Å². The first kappa shape index (κ1) is 21.3. The molecule has 1 aliphatic heterocycles. The van der Waals surface area contributed by atoms with E-state index in [4.69, 9.17) is 16.3 Å². The summed E-state index contributed by atoms with van der Waals surface area (Å²) in [5.74, 6) is 2.25. The molecule has 1 saturated carbocycles. The van der Waals surface area contributed by atoms with Crippen molar-refractivity contribution in [2.45, 2.75) is 57.0 Å². The van der Waals surface area contributed by atoms with Crippen molar-refractivity contribution < 1.29 is 17.9 Å². The van der Waals surface area contributed by atoms with E-state index < -0.39 is 11.7 Å². The monoisotopic (exact) mass is 462 g/mol. The molecular weight excluding hydrogens is 441 g/mol. The first-order chi connectivity index (χ1) is 15.4. The molecule has 3 aromatic rings. The smallest absolute Gasteiger partial charge is 0.416 e. The van der Waals surface area contributed by atoms with Crippen LogP contribution in [0.1, 0.15) is 54.4 Å². The van der Waals surface area contributed by atoms with Crippen LogP contribution in [0.5, 0.6) is 5.75 Å². The zero-order valence-electron chi connectivity index (χ0n) is 17.2. The fourth-order valence-electron chi connectivity index (χ4n) is 4.57. The van der Waals surface area contributed by atoms with Crippen LogP contribution >= 0.6 is 11.6 Å². The van der Waals surface area contributed by atoms with E-state index in [1.54, 1.807) is 6.07 Å². The Morgan fingerprint density at radius 3 is 2.59 bits per heavy atom. The van der Waals surface area contributed by atoms with Crippen molar-refractivity contribution >= 4 is 11.6 Å². The second-order valence-electron chi connectivity index (χ2n) is 8.30. The summed E-state index contributed by atoms with van der Waals surface area (Å²) in [5, 5.41) is 13.0. The number of hydrogen-bond acceptors (Lipinski definition) is 4. The van der Waals surface area contributed by atoms with Gasteiger partial charge in [-0.1, -0.05) is 17.7 Å². The highest BCUT2D eigenvalue weighted by molar-refractivity contribution is 6.30. The molecule has 32 heavy (non-hydrogen) atoms. The molecule has 0 spiro atoms. The molecule has 5 rings (SSSR count). The van der Waals surface area contributed by atoms with Crippen molar-refractivity contribution in [2.75, 3.05) is 0 Å². The maximum atomic E-state index is 13.0. The van der Waals surface area contributed by atoms with Crippen molar-refractivity contribution in [3.05, 3.63) is 70.3 Å². The number of rotatable bonds is 3. The molecule has 1 aliphatic carbocycles. The molecule has 0 saturated heterocycles. The number of halogens is 4. The molecule has 0 amide bonds. The van der Waals surface area contributed by atoms with E-state index in [-0.39, 0.29) is 17.8 Å². The van der Waals surface area contributed by atoms with Gasteiger partial charge in [-0.05, 0) is 67.6 Å². The van der Waals surface area contributed by atoms with Gasteiger partial charge in [-0.3, -0.25) is 4.57 Å². The van der Waals surface area contributed by atoms with Gasteiger partial charge in [-0.2, -0.15) is 13.2 Å². The Morgan fingerprint density at radius 1 is 1.00 bits per heavy atom. The number of aromatic nitrogens is 3. The van der Waals surface area contributed by atoms with Crippen LogP contribution in [0.4, 0.5) is 13.2 Å². The quantitative estimate of drug-likeness (QED) is 0.546. The molecule has 168 valence electrons. The van der Waals surface area contributed by atoms with Gasteiger partial charge in [-0.25, -0.2) is 0 Å². The van der Waals surface area contributed by atoms with Crippen LogP contribution in [-0.4, -0.2) is 20.9 Å². The summed E-state index contributed by atoms with van der Waals surface area (Å²) in [6.07, 6.45) is -1.34. The molecule has 1 N–H and O–H groups in total. The Labute approximate surface area is 188 Å². The van der Waals surface area contributed by atoms with Crippen LogP contribution in [0.25, 0.3) is 5.69 Å². The molecule has 0 radical (unpaired) electrons. The predicted molar refractivity (Wildman–Crippen MR) is 114 cm³/mol. The number of benzene rings is 2. The summed E-state index contributed by atoms with van der Waals surface area (Å²) in [4.78, 5) is 0. The second kappa shape index (κ2) is 8.41. The molecule has 9 heteroatoms. The third-order valence-corrected chi connectivity index (χ3v) is 6.37. The van der Waals surface area contributed by atoms with E-state index in [2.05, 4.69) is 20.1 Å². The molecule has 1 fully saturated rings. The lowest BCUT2D eigenvalue weighted by atomic mass is 9.86. The standard InChI is InChI=1S/C23H22ClF3N4O/c24-17-6-9-20-15(10-17)12-28-13-21-29-30-22(31(20)21)14-4-7-18(8-5-14)32-19-3-1-2-16(11-19)23(25,26)27/h1-3,6,9-11,14,18,28H,4-5,7-8,12-13H2. The normalized spacial score (nSPS) is 20.9. The third kappa shape index (κ3) is 4.21. The van der Waals surface area contributed by atoms with Gasteiger partial charge >= 0.3 is 6.18 Å². The minimum absolute atomic E-state index is 0.117. The Hall–Kier alpha value is -2.58. The summed E-state index contributed by atoms with van der Waals surface area (Å²) < 4.78 is 46.9. The summed E-state index contributed by atoms with van der Waals surface area (Å²) in [6, 6.07) is 10.9. The van der Waals surface area contributed by atoms with E-state index in [0.717, 1.165) is 60.7 Å². The van der Waals surface area contributed by atoms with Gasteiger partial charge in [-0.15, -0.1) is 10.2 Å². The van der Waals surface area contributed by atoms with E-state index in [9.17, 15) is 13.2 Å². The maximum absolute atomic E-state index is 13.0. The second-order valence-corrected chi connectivity index (χ2v) is 8.74. The average Bonchev–Trinajstić information content (AvgIpc) is 3.09. The topological polar surface area (TPSA) is 52.0 Å². The van der Waals surface area contributed by atoms with Gasteiger partial charge in [0.1, 0.15) is 11.6 Å². The summed E-state index contributed by atoms with van der Waals surface area (Å²) in [6.45, 7) is 1.32. The number of nitrogens with zero attached hydrogens (tertiary/aromatic N) is 3. The minimum Gasteiger partial charge on any atom is -0.490 e. The van der Waals surface area contributed by atoms with Gasteiger partial charge in [0.15, 0.2) is 5.82 Å². The first-order valence-electron chi connectivity index (χ1n) is 10.7. The number of alkyl halides is 3. The number of nitrogens with one attached hydrogen (secondary N) is 1. The Morgan fingerprint density at radius 2 is 1.81 bits per heavy atom.